The average molecular weight is 331 g/mol. The molecule has 122 valence electrons. The highest BCUT2D eigenvalue weighted by Crippen LogP contribution is 2.24. The molecule has 1 aromatic carbocycles. The van der Waals surface area contributed by atoms with Crippen LogP contribution in [-0.2, 0) is 4.79 Å². The maximum absolute atomic E-state index is 12.3. The Bertz CT molecular complexity index is 669. The van der Waals surface area contributed by atoms with Gasteiger partial charge in [0, 0.05) is 18.2 Å². The average Bonchev–Trinajstić information content (AvgIpc) is 3.03. The highest BCUT2D eigenvalue weighted by atomic mass is 32.2. The summed E-state index contributed by atoms with van der Waals surface area (Å²) >= 11 is 1.31. The van der Waals surface area contributed by atoms with Gasteiger partial charge in [-0.15, -0.1) is 10.2 Å². The lowest BCUT2D eigenvalue weighted by Crippen LogP contribution is -2.42. The molecule has 5 nitrogen and oxygen atoms in total. The fourth-order valence-electron chi connectivity index (χ4n) is 2.76. The Hall–Kier alpha value is -1.82. The summed E-state index contributed by atoms with van der Waals surface area (Å²) in [6, 6.07) is 8.26. The first-order chi connectivity index (χ1) is 11.1. The number of aryl methyl sites for hydroxylation is 1. The van der Waals surface area contributed by atoms with E-state index < -0.39 is 0 Å². The highest BCUT2D eigenvalue weighted by molar-refractivity contribution is 7.99. The Morgan fingerprint density at radius 2 is 2.09 bits per heavy atom. The van der Waals surface area contributed by atoms with Crippen molar-refractivity contribution in [1.82, 2.24) is 15.1 Å². The number of thioether (sulfide) groups is 1. The second kappa shape index (κ2) is 7.17. The number of carbonyl (C=O) groups is 1. The first-order valence-electron chi connectivity index (χ1n) is 7.96. The van der Waals surface area contributed by atoms with Gasteiger partial charge in [0.2, 0.25) is 11.8 Å². The molecule has 0 aliphatic carbocycles. The van der Waals surface area contributed by atoms with E-state index in [-0.39, 0.29) is 5.91 Å². The van der Waals surface area contributed by atoms with E-state index in [2.05, 4.69) is 17.1 Å². The van der Waals surface area contributed by atoms with E-state index in [1.54, 1.807) is 0 Å². The number of hydrogen-bond acceptors (Lipinski definition) is 5. The fourth-order valence-corrected chi connectivity index (χ4v) is 3.41. The van der Waals surface area contributed by atoms with Crippen molar-refractivity contribution >= 4 is 17.7 Å². The quantitative estimate of drug-likeness (QED) is 0.802. The summed E-state index contributed by atoms with van der Waals surface area (Å²) in [6.07, 6.45) is 3.40. The number of aromatic nitrogens is 2. The van der Waals surface area contributed by atoms with Gasteiger partial charge in [0.1, 0.15) is 0 Å². The summed E-state index contributed by atoms with van der Waals surface area (Å²) in [7, 11) is 0. The molecule has 0 unspecified atom stereocenters. The molecule has 1 atom stereocenters. The molecule has 1 saturated heterocycles. The Labute approximate surface area is 140 Å². The molecule has 0 saturated carbocycles. The van der Waals surface area contributed by atoms with Crippen molar-refractivity contribution in [3.63, 3.8) is 0 Å². The lowest BCUT2D eigenvalue weighted by Gasteiger charge is -2.33. The molecule has 2 heterocycles. The predicted octanol–water partition coefficient (Wildman–Crippen LogP) is 3.54. The summed E-state index contributed by atoms with van der Waals surface area (Å²) in [4.78, 5) is 14.3. The third kappa shape index (κ3) is 3.93. The predicted molar refractivity (Wildman–Crippen MR) is 90.2 cm³/mol. The van der Waals surface area contributed by atoms with Gasteiger partial charge in [0.25, 0.3) is 5.22 Å². The van der Waals surface area contributed by atoms with Crippen LogP contribution in [0, 0.1) is 6.92 Å². The summed E-state index contributed by atoms with van der Waals surface area (Å²) in [5, 5.41) is 8.53. The van der Waals surface area contributed by atoms with Gasteiger partial charge in [-0.1, -0.05) is 29.5 Å². The molecule has 1 amide bonds. The molecule has 1 aromatic heterocycles. The number of rotatable bonds is 4. The van der Waals surface area contributed by atoms with Crippen LogP contribution in [0.2, 0.25) is 0 Å². The van der Waals surface area contributed by atoms with Crippen LogP contribution in [0.4, 0.5) is 0 Å². The van der Waals surface area contributed by atoms with Crippen molar-refractivity contribution in [3.8, 4) is 11.5 Å². The van der Waals surface area contributed by atoms with E-state index in [0.29, 0.717) is 22.9 Å². The van der Waals surface area contributed by atoms with Gasteiger partial charge in [0.05, 0.1) is 5.75 Å². The van der Waals surface area contributed by atoms with E-state index in [0.717, 1.165) is 24.9 Å². The molecule has 2 aromatic rings. The number of amides is 1. The van der Waals surface area contributed by atoms with Gasteiger partial charge in [0.15, 0.2) is 0 Å². The molecule has 6 heteroatoms. The van der Waals surface area contributed by atoms with Gasteiger partial charge < -0.3 is 9.32 Å². The van der Waals surface area contributed by atoms with E-state index in [4.69, 9.17) is 4.42 Å². The van der Waals surface area contributed by atoms with Crippen molar-refractivity contribution in [3.05, 3.63) is 29.8 Å². The number of carbonyl (C=O) groups excluding carboxylic acids is 1. The van der Waals surface area contributed by atoms with Crippen LogP contribution in [0.1, 0.15) is 31.7 Å². The molecule has 1 aliphatic heterocycles. The van der Waals surface area contributed by atoms with E-state index >= 15 is 0 Å². The standard InChI is InChI=1S/C17H21N3O2S/c1-12-6-8-14(9-7-12)16-18-19-17(22-16)23-11-15(21)20-10-4-3-5-13(20)2/h6-9,13H,3-5,10-11H2,1-2H3/t13-/m0/s1. The lowest BCUT2D eigenvalue weighted by molar-refractivity contribution is -0.131. The highest BCUT2D eigenvalue weighted by Gasteiger charge is 2.23. The summed E-state index contributed by atoms with van der Waals surface area (Å²) in [5.74, 6) is 0.989. The second-order valence-corrected chi connectivity index (χ2v) is 6.89. The molecule has 23 heavy (non-hydrogen) atoms. The van der Waals surface area contributed by atoms with Gasteiger partial charge in [-0.2, -0.15) is 0 Å². The molecular weight excluding hydrogens is 310 g/mol. The van der Waals surface area contributed by atoms with Gasteiger partial charge in [-0.05, 0) is 45.2 Å². The van der Waals surface area contributed by atoms with Gasteiger partial charge in [-0.25, -0.2) is 0 Å². The molecule has 1 aliphatic rings. The smallest absolute Gasteiger partial charge is 0.277 e. The molecule has 0 N–H and O–H groups in total. The molecular formula is C17H21N3O2S. The normalized spacial score (nSPS) is 18.2. The van der Waals surface area contributed by atoms with Crippen LogP contribution in [-0.4, -0.2) is 39.3 Å². The van der Waals surface area contributed by atoms with Gasteiger partial charge >= 0.3 is 0 Å². The van der Waals surface area contributed by atoms with Gasteiger partial charge in [-0.3, -0.25) is 4.79 Å². The topological polar surface area (TPSA) is 59.2 Å². The minimum absolute atomic E-state index is 0.150. The Morgan fingerprint density at radius 1 is 1.30 bits per heavy atom. The summed E-state index contributed by atoms with van der Waals surface area (Å²) < 4.78 is 5.64. The first-order valence-corrected chi connectivity index (χ1v) is 8.95. The van der Waals surface area contributed by atoms with Crippen LogP contribution in [0.15, 0.2) is 33.9 Å². The van der Waals surface area contributed by atoms with E-state index in [1.807, 2.05) is 36.1 Å². The third-order valence-corrected chi connectivity index (χ3v) is 4.95. The maximum Gasteiger partial charge on any atom is 0.277 e. The summed E-state index contributed by atoms with van der Waals surface area (Å²) in [6.45, 7) is 5.01. The largest absolute Gasteiger partial charge is 0.411 e. The number of benzene rings is 1. The molecule has 0 spiro atoms. The number of nitrogens with zero attached hydrogens (tertiary/aromatic N) is 3. The zero-order valence-corrected chi connectivity index (χ0v) is 14.3. The van der Waals surface area contributed by atoms with Crippen LogP contribution < -0.4 is 0 Å². The monoisotopic (exact) mass is 331 g/mol. The van der Waals surface area contributed by atoms with Crippen molar-refractivity contribution in [1.29, 1.82) is 0 Å². The van der Waals surface area contributed by atoms with Crippen LogP contribution in [0.25, 0.3) is 11.5 Å². The van der Waals surface area contributed by atoms with Crippen molar-refractivity contribution < 1.29 is 9.21 Å². The van der Waals surface area contributed by atoms with E-state index in [9.17, 15) is 4.79 Å². The molecule has 0 bridgehead atoms. The second-order valence-electron chi connectivity index (χ2n) is 5.96. The van der Waals surface area contributed by atoms with Crippen LogP contribution in [0.5, 0.6) is 0 Å². The van der Waals surface area contributed by atoms with Crippen LogP contribution >= 0.6 is 11.8 Å². The third-order valence-electron chi connectivity index (χ3n) is 4.15. The van der Waals surface area contributed by atoms with Crippen molar-refractivity contribution in [2.75, 3.05) is 12.3 Å². The number of piperidine rings is 1. The maximum atomic E-state index is 12.3. The van der Waals surface area contributed by atoms with Crippen molar-refractivity contribution in [2.45, 2.75) is 44.4 Å². The first kappa shape index (κ1) is 16.1. The minimum Gasteiger partial charge on any atom is -0.411 e. The van der Waals surface area contributed by atoms with E-state index in [1.165, 1.54) is 23.7 Å². The molecule has 3 rings (SSSR count). The molecule has 0 radical (unpaired) electrons. The fraction of sp³-hybridized carbons (Fsp3) is 0.471. The lowest BCUT2D eigenvalue weighted by atomic mass is 10.0. The Kier molecular flexibility index (Phi) is 5.00. The number of hydrogen-bond donors (Lipinski definition) is 0. The summed E-state index contributed by atoms with van der Waals surface area (Å²) in [5.41, 5.74) is 2.08. The zero-order chi connectivity index (χ0) is 16.2. The number of likely N-dealkylation sites (tertiary alicyclic amines) is 1. The minimum atomic E-state index is 0.150. The SMILES string of the molecule is Cc1ccc(-c2nnc(SCC(=O)N3CCCC[C@@H]3C)o2)cc1. The Balaban J connectivity index is 1.58. The van der Waals surface area contributed by atoms with Crippen molar-refractivity contribution in [2.24, 2.45) is 0 Å². The zero-order valence-electron chi connectivity index (χ0n) is 13.5. The Morgan fingerprint density at radius 3 is 2.83 bits per heavy atom. The molecule has 1 fully saturated rings. The van der Waals surface area contributed by atoms with Crippen LogP contribution in [0.3, 0.4) is 0 Å².